The molecule has 0 fully saturated rings. The fourth-order valence-electron chi connectivity index (χ4n) is 1.94. The number of hydrogen-bond donors (Lipinski definition) is 1. The monoisotopic (exact) mass is 329 g/mol. The van der Waals surface area contributed by atoms with Crippen molar-refractivity contribution in [2.75, 3.05) is 5.32 Å². The van der Waals surface area contributed by atoms with Gasteiger partial charge >= 0.3 is 0 Å². The van der Waals surface area contributed by atoms with Gasteiger partial charge in [0.15, 0.2) is 10.8 Å². The fourth-order valence-corrected chi connectivity index (χ4v) is 2.65. The van der Waals surface area contributed by atoms with Crippen molar-refractivity contribution in [2.24, 2.45) is 7.05 Å². The van der Waals surface area contributed by atoms with Crippen molar-refractivity contribution >= 4 is 28.1 Å². The van der Waals surface area contributed by atoms with Crippen LogP contribution in [0.4, 0.5) is 10.8 Å². The number of anilines is 1. The van der Waals surface area contributed by atoms with Crippen molar-refractivity contribution in [3.8, 4) is 11.3 Å². The molecule has 0 unspecified atom stereocenters. The molecule has 3 aromatic rings. The van der Waals surface area contributed by atoms with Gasteiger partial charge in [-0.3, -0.25) is 24.9 Å². The standard InChI is InChI=1S/C14H11N5O3S/c1-18-6-5-11(17-18)13(20)16-14-15-12(8-23-14)9-3-2-4-10(7-9)19(21)22/h2-8H,1H3,(H,15,16,20). The summed E-state index contributed by atoms with van der Waals surface area (Å²) < 4.78 is 1.53. The number of nitro groups is 1. The number of nitro benzene ring substituents is 1. The summed E-state index contributed by atoms with van der Waals surface area (Å²) in [6.45, 7) is 0. The average Bonchev–Trinajstić information content (AvgIpc) is 3.16. The number of nitrogens with zero attached hydrogens (tertiary/aromatic N) is 4. The lowest BCUT2D eigenvalue weighted by Crippen LogP contribution is -2.12. The SMILES string of the molecule is Cn1ccc(C(=O)Nc2nc(-c3cccc([N+](=O)[O-])c3)cs2)n1. The molecule has 3 rings (SSSR count). The first kappa shape index (κ1) is 14.9. The second-order valence-electron chi connectivity index (χ2n) is 4.67. The Bertz CT molecular complexity index is 886. The van der Waals surface area contributed by atoms with Gasteiger partial charge in [0.25, 0.3) is 11.6 Å². The summed E-state index contributed by atoms with van der Waals surface area (Å²) in [4.78, 5) is 26.6. The smallest absolute Gasteiger partial charge is 0.277 e. The first-order valence-corrected chi connectivity index (χ1v) is 7.42. The van der Waals surface area contributed by atoms with Crippen molar-refractivity contribution in [3.05, 3.63) is 57.7 Å². The normalized spacial score (nSPS) is 10.5. The maximum atomic E-state index is 12.0. The number of carbonyl (C=O) groups is 1. The first-order chi connectivity index (χ1) is 11.0. The highest BCUT2D eigenvalue weighted by atomic mass is 32.1. The predicted molar refractivity (Wildman–Crippen MR) is 85.4 cm³/mol. The minimum absolute atomic E-state index is 0.00503. The average molecular weight is 329 g/mol. The topological polar surface area (TPSA) is 103 Å². The number of non-ortho nitro benzene ring substituents is 1. The molecule has 0 aliphatic heterocycles. The maximum absolute atomic E-state index is 12.0. The summed E-state index contributed by atoms with van der Waals surface area (Å²) in [5.74, 6) is -0.356. The third-order valence-electron chi connectivity index (χ3n) is 3.02. The predicted octanol–water partition coefficient (Wildman–Crippen LogP) is 2.70. The van der Waals surface area contributed by atoms with Crippen LogP contribution in [0, 0.1) is 10.1 Å². The number of benzene rings is 1. The van der Waals surface area contributed by atoms with Gasteiger partial charge in [-0.15, -0.1) is 11.3 Å². The maximum Gasteiger partial charge on any atom is 0.277 e. The third-order valence-corrected chi connectivity index (χ3v) is 3.78. The summed E-state index contributed by atoms with van der Waals surface area (Å²) in [6.07, 6.45) is 1.67. The summed E-state index contributed by atoms with van der Waals surface area (Å²) in [5, 5.41) is 19.6. The highest BCUT2D eigenvalue weighted by Crippen LogP contribution is 2.27. The molecule has 2 heterocycles. The van der Waals surface area contributed by atoms with Crippen LogP contribution in [0.1, 0.15) is 10.5 Å². The Morgan fingerprint density at radius 1 is 1.39 bits per heavy atom. The second kappa shape index (κ2) is 5.97. The molecule has 2 aromatic heterocycles. The van der Waals surface area contributed by atoms with E-state index in [-0.39, 0.29) is 11.6 Å². The van der Waals surface area contributed by atoms with Crippen molar-refractivity contribution in [3.63, 3.8) is 0 Å². The summed E-state index contributed by atoms with van der Waals surface area (Å²) >= 11 is 1.24. The van der Waals surface area contributed by atoms with Gasteiger partial charge in [-0.05, 0) is 6.07 Å². The number of aromatic nitrogens is 3. The summed E-state index contributed by atoms with van der Waals surface area (Å²) in [6, 6.07) is 7.79. The molecule has 1 N–H and O–H groups in total. The molecule has 0 aliphatic rings. The van der Waals surface area contributed by atoms with Crippen LogP contribution < -0.4 is 5.32 Å². The van der Waals surface area contributed by atoms with Gasteiger partial charge in [0, 0.05) is 36.3 Å². The molecule has 0 bridgehead atoms. The van der Waals surface area contributed by atoms with Gasteiger partial charge in [-0.25, -0.2) is 4.98 Å². The number of amides is 1. The molecule has 1 aromatic carbocycles. The molecule has 0 aliphatic carbocycles. The van der Waals surface area contributed by atoms with E-state index in [4.69, 9.17) is 0 Å². The van der Waals surface area contributed by atoms with E-state index in [0.717, 1.165) is 0 Å². The van der Waals surface area contributed by atoms with E-state index in [1.807, 2.05) is 0 Å². The molecule has 8 nitrogen and oxygen atoms in total. The zero-order chi connectivity index (χ0) is 16.4. The molecule has 0 atom stereocenters. The number of carbonyl (C=O) groups excluding carboxylic acids is 1. The molecule has 1 amide bonds. The van der Waals surface area contributed by atoms with E-state index in [1.165, 1.54) is 28.2 Å². The molecular formula is C14H11N5O3S. The Hall–Kier alpha value is -3.07. The van der Waals surface area contributed by atoms with Crippen LogP contribution in [0.2, 0.25) is 0 Å². The number of rotatable bonds is 4. The van der Waals surface area contributed by atoms with Gasteiger partial charge in [0.05, 0.1) is 10.6 Å². The van der Waals surface area contributed by atoms with Crippen LogP contribution in [-0.4, -0.2) is 25.6 Å². The van der Waals surface area contributed by atoms with Crippen LogP contribution in [0.15, 0.2) is 41.9 Å². The lowest BCUT2D eigenvalue weighted by Gasteiger charge is -1.98. The van der Waals surface area contributed by atoms with Gasteiger partial charge in [-0.1, -0.05) is 12.1 Å². The zero-order valence-corrected chi connectivity index (χ0v) is 12.8. The third kappa shape index (κ3) is 3.24. The Kier molecular flexibility index (Phi) is 3.85. The molecule has 0 radical (unpaired) electrons. The Balaban J connectivity index is 1.79. The minimum Gasteiger partial charge on any atom is -0.296 e. The Labute approximate surface area is 134 Å². The van der Waals surface area contributed by atoms with E-state index in [1.54, 1.807) is 36.8 Å². The van der Waals surface area contributed by atoms with Crippen LogP contribution in [-0.2, 0) is 7.05 Å². The van der Waals surface area contributed by atoms with E-state index in [9.17, 15) is 14.9 Å². The Morgan fingerprint density at radius 2 is 2.22 bits per heavy atom. The van der Waals surface area contributed by atoms with E-state index < -0.39 is 4.92 Å². The van der Waals surface area contributed by atoms with Crippen molar-refractivity contribution in [2.45, 2.75) is 0 Å². The fraction of sp³-hybridized carbons (Fsp3) is 0.0714. The molecule has 0 saturated carbocycles. The summed E-state index contributed by atoms with van der Waals surface area (Å²) in [5.41, 5.74) is 1.47. The largest absolute Gasteiger partial charge is 0.296 e. The lowest BCUT2D eigenvalue weighted by atomic mass is 10.1. The summed E-state index contributed by atoms with van der Waals surface area (Å²) in [7, 11) is 1.72. The van der Waals surface area contributed by atoms with Crippen molar-refractivity contribution < 1.29 is 9.72 Å². The second-order valence-corrected chi connectivity index (χ2v) is 5.53. The molecule has 116 valence electrons. The molecule has 23 heavy (non-hydrogen) atoms. The number of nitrogens with one attached hydrogen (secondary N) is 1. The van der Waals surface area contributed by atoms with Crippen LogP contribution in [0.25, 0.3) is 11.3 Å². The molecular weight excluding hydrogens is 318 g/mol. The van der Waals surface area contributed by atoms with Gasteiger partial charge in [0.1, 0.15) is 0 Å². The molecule has 0 saturated heterocycles. The van der Waals surface area contributed by atoms with E-state index in [2.05, 4.69) is 15.4 Å². The van der Waals surface area contributed by atoms with Crippen molar-refractivity contribution in [1.82, 2.24) is 14.8 Å². The minimum atomic E-state index is -0.459. The number of thiazole rings is 1. The first-order valence-electron chi connectivity index (χ1n) is 6.54. The lowest BCUT2D eigenvalue weighted by molar-refractivity contribution is -0.384. The number of aryl methyl sites for hydroxylation is 1. The van der Waals surface area contributed by atoms with Crippen LogP contribution in [0.3, 0.4) is 0 Å². The zero-order valence-electron chi connectivity index (χ0n) is 12.0. The van der Waals surface area contributed by atoms with E-state index >= 15 is 0 Å². The van der Waals surface area contributed by atoms with Crippen molar-refractivity contribution in [1.29, 1.82) is 0 Å². The highest BCUT2D eigenvalue weighted by Gasteiger charge is 2.13. The van der Waals surface area contributed by atoms with Crippen LogP contribution >= 0.6 is 11.3 Å². The van der Waals surface area contributed by atoms with Crippen LogP contribution in [0.5, 0.6) is 0 Å². The Morgan fingerprint density at radius 3 is 2.91 bits per heavy atom. The number of hydrogen-bond acceptors (Lipinski definition) is 6. The molecule has 9 heteroatoms. The molecule has 0 spiro atoms. The quantitative estimate of drug-likeness (QED) is 0.585. The highest BCUT2D eigenvalue weighted by molar-refractivity contribution is 7.14. The van der Waals surface area contributed by atoms with Gasteiger partial charge < -0.3 is 0 Å². The van der Waals surface area contributed by atoms with E-state index in [0.29, 0.717) is 22.1 Å². The van der Waals surface area contributed by atoms with Gasteiger partial charge in [0.2, 0.25) is 0 Å². The van der Waals surface area contributed by atoms with Gasteiger partial charge in [-0.2, -0.15) is 5.10 Å².